The van der Waals surface area contributed by atoms with E-state index < -0.39 is 66.3 Å². The lowest BCUT2D eigenvalue weighted by atomic mass is 9.33. The summed E-state index contributed by atoms with van der Waals surface area (Å²) in [7, 11) is 0. The summed E-state index contributed by atoms with van der Waals surface area (Å²) in [6, 6.07) is 0. The molecule has 0 amide bonds. The van der Waals surface area contributed by atoms with Gasteiger partial charge in [-0.1, -0.05) is 65.3 Å². The van der Waals surface area contributed by atoms with Crippen molar-refractivity contribution in [2.45, 2.75) is 136 Å². The highest BCUT2D eigenvalue weighted by Crippen LogP contribution is 2.75. The average molecular weight is 633 g/mol. The van der Waals surface area contributed by atoms with Crippen molar-refractivity contribution < 1.29 is 44.9 Å². The Morgan fingerprint density at radius 2 is 1.64 bits per heavy atom. The molecule has 0 aromatic rings. The van der Waals surface area contributed by atoms with Gasteiger partial charge >= 0.3 is 5.97 Å². The first-order valence-electron chi connectivity index (χ1n) is 17.2. The quantitative estimate of drug-likeness (QED) is 0.203. The maximum absolute atomic E-state index is 14.4. The fourth-order valence-electron chi connectivity index (χ4n) is 11.9. The lowest BCUT2D eigenvalue weighted by Gasteiger charge is -2.71. The minimum atomic E-state index is -1.65. The summed E-state index contributed by atoms with van der Waals surface area (Å²) in [4.78, 5) is 14.4. The molecule has 5 fully saturated rings. The summed E-state index contributed by atoms with van der Waals surface area (Å²) in [5.41, 5.74) is 0.456. The highest BCUT2D eigenvalue weighted by Gasteiger charge is 2.70. The predicted molar refractivity (Wildman–Crippen MR) is 166 cm³/mol. The van der Waals surface area contributed by atoms with E-state index in [1.165, 1.54) is 5.57 Å². The minimum Gasteiger partial charge on any atom is -0.432 e. The summed E-state index contributed by atoms with van der Waals surface area (Å²) < 4.78 is 11.5. The molecule has 0 aromatic heterocycles. The lowest BCUT2D eigenvalue weighted by molar-refractivity contribution is -0.297. The number of hydrogen-bond acceptors (Lipinski definition) is 9. The van der Waals surface area contributed by atoms with Gasteiger partial charge in [0.05, 0.1) is 24.2 Å². The number of ether oxygens (including phenoxy) is 2. The Labute approximate surface area is 267 Å². The van der Waals surface area contributed by atoms with E-state index in [-0.39, 0.29) is 34.0 Å². The fourth-order valence-corrected chi connectivity index (χ4v) is 11.9. The van der Waals surface area contributed by atoms with Gasteiger partial charge in [0, 0.05) is 5.92 Å². The van der Waals surface area contributed by atoms with Gasteiger partial charge in [0.1, 0.15) is 24.4 Å². The molecule has 15 unspecified atom stereocenters. The van der Waals surface area contributed by atoms with Crippen molar-refractivity contribution in [2.75, 3.05) is 6.61 Å². The summed E-state index contributed by atoms with van der Waals surface area (Å²) in [5.74, 6) is 0.0291. The second kappa shape index (κ2) is 10.8. The van der Waals surface area contributed by atoms with Crippen molar-refractivity contribution in [3.8, 4) is 0 Å². The molecule has 9 heteroatoms. The Morgan fingerprint density at radius 1 is 0.956 bits per heavy atom. The minimum absolute atomic E-state index is 0.102. The van der Waals surface area contributed by atoms with Crippen LogP contribution in [0.15, 0.2) is 23.8 Å². The lowest BCUT2D eigenvalue weighted by Crippen LogP contribution is -2.67. The summed E-state index contributed by atoms with van der Waals surface area (Å²) >= 11 is 0. The van der Waals surface area contributed by atoms with Crippen LogP contribution in [0.25, 0.3) is 0 Å². The second-order valence-corrected chi connectivity index (χ2v) is 17.0. The molecule has 1 aliphatic heterocycles. The van der Waals surface area contributed by atoms with E-state index in [0.717, 1.165) is 37.7 Å². The van der Waals surface area contributed by atoms with E-state index >= 15 is 0 Å². The third kappa shape index (κ3) is 4.40. The number of carbonyl (C=O) groups excluding carboxylic acids is 1. The van der Waals surface area contributed by atoms with Crippen LogP contribution in [0.5, 0.6) is 0 Å². The van der Waals surface area contributed by atoms with Gasteiger partial charge in [-0.3, -0.25) is 4.79 Å². The average Bonchev–Trinajstić information content (AvgIpc) is 2.98. The molecule has 254 valence electrons. The van der Waals surface area contributed by atoms with E-state index in [1.807, 2.05) is 0 Å². The molecule has 9 nitrogen and oxygen atoms in total. The summed E-state index contributed by atoms with van der Waals surface area (Å²) in [6.45, 7) is 17.5. The van der Waals surface area contributed by atoms with Crippen LogP contribution < -0.4 is 0 Å². The smallest absolute Gasteiger partial charge is 0.315 e. The number of hydrogen-bond donors (Lipinski definition) is 6. The zero-order valence-electron chi connectivity index (χ0n) is 27.9. The Morgan fingerprint density at radius 3 is 2.31 bits per heavy atom. The van der Waals surface area contributed by atoms with Crippen molar-refractivity contribution in [3.63, 3.8) is 0 Å². The summed E-state index contributed by atoms with van der Waals surface area (Å²) in [6.07, 6.45) is -0.568. The number of aliphatic hydroxyl groups excluding tert-OH is 6. The second-order valence-electron chi connectivity index (χ2n) is 17.0. The molecule has 6 N–H and O–H groups in total. The zero-order valence-corrected chi connectivity index (χ0v) is 27.9. The van der Waals surface area contributed by atoms with Gasteiger partial charge in [-0.15, -0.1) is 0 Å². The topological polar surface area (TPSA) is 157 Å². The fraction of sp³-hybridized carbons (Fsp3) is 0.861. The van der Waals surface area contributed by atoms with Crippen molar-refractivity contribution in [1.82, 2.24) is 0 Å². The molecule has 6 aliphatic rings. The third-order valence-corrected chi connectivity index (χ3v) is 14.9. The molecule has 4 saturated carbocycles. The molecule has 0 bridgehead atoms. The van der Waals surface area contributed by atoms with Gasteiger partial charge in [-0.2, -0.15) is 0 Å². The molecule has 0 spiro atoms. The first-order chi connectivity index (χ1) is 20.9. The van der Waals surface area contributed by atoms with Crippen LogP contribution in [0.1, 0.15) is 92.9 Å². The Bertz CT molecular complexity index is 1240. The van der Waals surface area contributed by atoms with Crippen molar-refractivity contribution in [3.05, 3.63) is 23.8 Å². The first-order valence-corrected chi connectivity index (χ1v) is 17.2. The highest BCUT2D eigenvalue weighted by atomic mass is 16.7. The molecule has 5 aliphatic carbocycles. The van der Waals surface area contributed by atoms with E-state index in [2.05, 4.69) is 54.2 Å². The monoisotopic (exact) mass is 632 g/mol. The summed E-state index contributed by atoms with van der Waals surface area (Å²) in [5, 5.41) is 63.1. The van der Waals surface area contributed by atoms with E-state index in [1.54, 1.807) is 0 Å². The maximum Gasteiger partial charge on any atom is 0.315 e. The van der Waals surface area contributed by atoms with Crippen LogP contribution in [0.2, 0.25) is 0 Å². The van der Waals surface area contributed by atoms with Crippen LogP contribution in [-0.2, 0) is 14.3 Å². The Balaban J connectivity index is 1.37. The van der Waals surface area contributed by atoms with Crippen LogP contribution in [0.3, 0.4) is 0 Å². The molecule has 1 saturated heterocycles. The number of esters is 1. The van der Waals surface area contributed by atoms with E-state index in [4.69, 9.17) is 9.47 Å². The Kier molecular flexibility index (Phi) is 8.09. The predicted octanol–water partition coefficient (Wildman–Crippen LogP) is 3.24. The third-order valence-electron chi connectivity index (χ3n) is 14.9. The molecular formula is C36H56O9. The van der Waals surface area contributed by atoms with Crippen molar-refractivity contribution in [2.24, 2.45) is 50.7 Å². The molecule has 1 heterocycles. The van der Waals surface area contributed by atoms with Gasteiger partial charge in [0.15, 0.2) is 0 Å². The number of aliphatic hydroxyl groups is 6. The number of fused-ring (bicyclic) bond motifs is 7. The molecule has 0 radical (unpaired) electrons. The number of carbonyl (C=O) groups is 1. The number of rotatable bonds is 3. The van der Waals surface area contributed by atoms with Crippen molar-refractivity contribution in [1.29, 1.82) is 0 Å². The number of allylic oxidation sites excluding steroid dienone is 3. The normalized spacial score (nSPS) is 54.1. The molecule has 0 aromatic carbocycles. The van der Waals surface area contributed by atoms with Crippen molar-refractivity contribution >= 4 is 5.97 Å². The van der Waals surface area contributed by atoms with E-state index in [9.17, 15) is 35.4 Å². The standard InChI is InChI=1S/C36H56O9/c1-18-10-13-36(31(43)45-30-28(41)27(40)26(39)22(17-37)44-30)15-14-34(6)20(25(36)19(18)2)8-9-24-33(5)16-21(38)29(42)32(3,4)23(33)11-12-35(24,34)7/h8,18,21-30,37-42H,2,9-17H2,1,3-7H3. The maximum atomic E-state index is 14.4. The van der Waals surface area contributed by atoms with E-state index in [0.29, 0.717) is 25.2 Å². The molecular weight excluding hydrogens is 576 g/mol. The van der Waals surface area contributed by atoms with Gasteiger partial charge in [0.25, 0.3) is 0 Å². The van der Waals surface area contributed by atoms with Gasteiger partial charge in [-0.25, -0.2) is 0 Å². The largest absolute Gasteiger partial charge is 0.432 e. The van der Waals surface area contributed by atoms with Gasteiger partial charge in [0.2, 0.25) is 6.29 Å². The SMILES string of the molecule is C=C1C(C)CCC2(C(=O)OC3OC(CO)C(O)C(O)C3O)CCC3(C)C(=CCC4C5(C)CC(O)C(O)C(C)(C)C5CCC43C)C12. The molecule has 45 heavy (non-hydrogen) atoms. The van der Waals surface area contributed by atoms with Crippen LogP contribution >= 0.6 is 0 Å². The van der Waals surface area contributed by atoms with Gasteiger partial charge < -0.3 is 40.1 Å². The van der Waals surface area contributed by atoms with Crippen LogP contribution in [-0.4, -0.2) is 86.1 Å². The first kappa shape index (κ1) is 33.6. The molecule has 6 rings (SSSR count). The van der Waals surface area contributed by atoms with Crippen LogP contribution in [0.4, 0.5) is 0 Å². The van der Waals surface area contributed by atoms with Crippen LogP contribution in [0, 0.1) is 50.7 Å². The molecule has 15 atom stereocenters. The Hall–Kier alpha value is -1.33. The zero-order chi connectivity index (χ0) is 33.1. The highest BCUT2D eigenvalue weighted by molar-refractivity contribution is 5.80. The van der Waals surface area contributed by atoms with Gasteiger partial charge in [-0.05, 0) is 90.8 Å².